The van der Waals surface area contributed by atoms with Crippen LogP contribution in [0.15, 0.2) is 12.2 Å². The Kier molecular flexibility index (Phi) is 45.3. The van der Waals surface area contributed by atoms with Gasteiger partial charge in [0.2, 0.25) is 0 Å². The molecule has 6 heteroatoms. The summed E-state index contributed by atoms with van der Waals surface area (Å²) in [6, 6.07) is 0. The average molecular weight is 805 g/mol. The zero-order chi connectivity index (χ0) is 41.5. The molecule has 0 rings (SSSR count). The molecule has 0 amide bonds. The summed E-state index contributed by atoms with van der Waals surface area (Å²) in [5.41, 5.74) is 0. The van der Waals surface area contributed by atoms with Crippen molar-refractivity contribution < 1.29 is 28.6 Å². The molecule has 0 saturated carbocycles. The molecule has 1 atom stereocenters. The molecular formula is C51H96O6. The van der Waals surface area contributed by atoms with Gasteiger partial charge >= 0.3 is 17.9 Å². The van der Waals surface area contributed by atoms with E-state index in [1.807, 2.05) is 0 Å². The van der Waals surface area contributed by atoms with Crippen LogP contribution in [0.2, 0.25) is 0 Å². The fourth-order valence-electron chi connectivity index (χ4n) is 7.44. The lowest BCUT2D eigenvalue weighted by atomic mass is 10.1. The summed E-state index contributed by atoms with van der Waals surface area (Å²) in [7, 11) is 0. The van der Waals surface area contributed by atoms with Crippen LogP contribution >= 0.6 is 0 Å². The Labute approximate surface area is 354 Å². The van der Waals surface area contributed by atoms with Crippen molar-refractivity contribution in [3.05, 3.63) is 12.2 Å². The lowest BCUT2D eigenvalue weighted by molar-refractivity contribution is -0.167. The van der Waals surface area contributed by atoms with Gasteiger partial charge in [0.05, 0.1) is 0 Å². The van der Waals surface area contributed by atoms with E-state index in [0.717, 1.165) is 57.8 Å². The monoisotopic (exact) mass is 805 g/mol. The molecule has 336 valence electrons. The fourth-order valence-corrected chi connectivity index (χ4v) is 7.44. The molecule has 0 aromatic heterocycles. The number of allylic oxidation sites excluding steroid dienone is 2. The SMILES string of the molecule is CCCCCCCCCC/C=C\CCCCCCCCCC(=O)OC[C@@H](COC(=O)CCCCCCCCCCC)OC(=O)CCCCCCCCCCCCC. The van der Waals surface area contributed by atoms with Crippen LogP contribution in [0, 0.1) is 0 Å². The predicted molar refractivity (Wildman–Crippen MR) is 243 cm³/mol. The number of carbonyl (C=O) groups is 3. The quantitative estimate of drug-likeness (QED) is 0.0264. The first-order chi connectivity index (χ1) is 28.0. The van der Waals surface area contributed by atoms with Crippen LogP contribution < -0.4 is 0 Å². The lowest BCUT2D eigenvalue weighted by Gasteiger charge is -2.18. The standard InChI is InChI=1S/C51H96O6/c1-4-7-10-13-16-19-21-22-23-24-25-26-27-28-30-32-35-38-41-44-50(53)56-47-48(46-55-49(52)43-40-37-34-31-18-15-12-9-6-3)57-51(54)45-42-39-36-33-29-20-17-14-11-8-5-2/h24-25,48H,4-23,26-47H2,1-3H3/b25-24-/t48-/m1/s1. The third-order valence-electron chi connectivity index (χ3n) is 11.3. The molecular weight excluding hydrogens is 709 g/mol. The molecule has 0 bridgehead atoms. The normalized spacial score (nSPS) is 12.0. The Morgan fingerprint density at radius 1 is 0.333 bits per heavy atom. The number of ether oxygens (including phenoxy) is 3. The highest BCUT2D eigenvalue weighted by Crippen LogP contribution is 2.15. The third-order valence-corrected chi connectivity index (χ3v) is 11.3. The molecule has 0 aliphatic heterocycles. The molecule has 0 aliphatic carbocycles. The average Bonchev–Trinajstić information content (AvgIpc) is 3.21. The molecule has 0 fully saturated rings. The summed E-state index contributed by atoms with van der Waals surface area (Å²) in [5, 5.41) is 0. The van der Waals surface area contributed by atoms with Crippen molar-refractivity contribution in [2.75, 3.05) is 13.2 Å². The molecule has 57 heavy (non-hydrogen) atoms. The minimum Gasteiger partial charge on any atom is -0.462 e. The highest BCUT2D eigenvalue weighted by atomic mass is 16.6. The largest absolute Gasteiger partial charge is 0.462 e. The van der Waals surface area contributed by atoms with E-state index in [9.17, 15) is 14.4 Å². The molecule has 0 saturated heterocycles. The number of esters is 3. The summed E-state index contributed by atoms with van der Waals surface area (Å²) in [6.45, 7) is 6.63. The Balaban J connectivity index is 4.23. The van der Waals surface area contributed by atoms with Crippen molar-refractivity contribution in [1.82, 2.24) is 0 Å². The van der Waals surface area contributed by atoms with Crippen LogP contribution in [-0.4, -0.2) is 37.2 Å². The highest BCUT2D eigenvalue weighted by molar-refractivity contribution is 5.71. The molecule has 0 spiro atoms. The van der Waals surface area contributed by atoms with Crippen molar-refractivity contribution >= 4 is 17.9 Å². The zero-order valence-electron chi connectivity index (χ0n) is 38.4. The topological polar surface area (TPSA) is 78.9 Å². The van der Waals surface area contributed by atoms with Gasteiger partial charge in [-0.15, -0.1) is 0 Å². The Morgan fingerprint density at radius 3 is 0.877 bits per heavy atom. The molecule has 0 aliphatic rings. The fraction of sp³-hybridized carbons (Fsp3) is 0.902. The van der Waals surface area contributed by atoms with Gasteiger partial charge in [0.15, 0.2) is 6.10 Å². The maximum absolute atomic E-state index is 12.7. The van der Waals surface area contributed by atoms with Gasteiger partial charge in [-0.1, -0.05) is 226 Å². The third kappa shape index (κ3) is 45.1. The Hall–Kier alpha value is -1.85. The first-order valence-electron chi connectivity index (χ1n) is 25.2. The molecule has 0 aromatic rings. The maximum atomic E-state index is 12.7. The lowest BCUT2D eigenvalue weighted by Crippen LogP contribution is -2.30. The van der Waals surface area contributed by atoms with Gasteiger partial charge in [-0.25, -0.2) is 0 Å². The first kappa shape index (κ1) is 55.2. The van der Waals surface area contributed by atoms with Crippen LogP contribution in [0.1, 0.15) is 278 Å². The molecule has 6 nitrogen and oxygen atoms in total. The molecule has 0 radical (unpaired) electrons. The summed E-state index contributed by atoms with van der Waals surface area (Å²) in [6.07, 6.45) is 50.6. The first-order valence-corrected chi connectivity index (χ1v) is 25.2. The number of carbonyl (C=O) groups excluding carboxylic acids is 3. The van der Waals surface area contributed by atoms with Gasteiger partial charge < -0.3 is 14.2 Å². The van der Waals surface area contributed by atoms with E-state index >= 15 is 0 Å². The van der Waals surface area contributed by atoms with Gasteiger partial charge in [-0.2, -0.15) is 0 Å². The van der Waals surface area contributed by atoms with E-state index in [4.69, 9.17) is 14.2 Å². The van der Waals surface area contributed by atoms with Gasteiger partial charge in [0.1, 0.15) is 13.2 Å². The second-order valence-corrected chi connectivity index (χ2v) is 17.1. The summed E-state index contributed by atoms with van der Waals surface area (Å²) < 4.78 is 16.7. The highest BCUT2D eigenvalue weighted by Gasteiger charge is 2.19. The van der Waals surface area contributed by atoms with Crippen molar-refractivity contribution in [3.8, 4) is 0 Å². The van der Waals surface area contributed by atoms with E-state index in [1.165, 1.54) is 180 Å². The van der Waals surface area contributed by atoms with Gasteiger partial charge in [-0.05, 0) is 44.9 Å². The van der Waals surface area contributed by atoms with E-state index < -0.39 is 6.10 Å². The van der Waals surface area contributed by atoms with Crippen molar-refractivity contribution in [2.45, 2.75) is 284 Å². The molecule has 0 unspecified atom stereocenters. The van der Waals surface area contributed by atoms with Crippen LogP contribution in [0.4, 0.5) is 0 Å². The van der Waals surface area contributed by atoms with Gasteiger partial charge in [0.25, 0.3) is 0 Å². The number of hydrogen-bond acceptors (Lipinski definition) is 6. The van der Waals surface area contributed by atoms with Gasteiger partial charge in [0, 0.05) is 19.3 Å². The summed E-state index contributed by atoms with van der Waals surface area (Å²) >= 11 is 0. The summed E-state index contributed by atoms with van der Waals surface area (Å²) in [4.78, 5) is 37.8. The maximum Gasteiger partial charge on any atom is 0.306 e. The van der Waals surface area contributed by atoms with E-state index in [1.54, 1.807) is 0 Å². The number of hydrogen-bond donors (Lipinski definition) is 0. The minimum absolute atomic E-state index is 0.0669. The van der Waals surface area contributed by atoms with Gasteiger partial charge in [-0.3, -0.25) is 14.4 Å². The second kappa shape index (κ2) is 46.8. The van der Waals surface area contributed by atoms with Crippen molar-refractivity contribution in [1.29, 1.82) is 0 Å². The van der Waals surface area contributed by atoms with Crippen LogP contribution in [0.3, 0.4) is 0 Å². The Bertz CT molecular complexity index is 885. The smallest absolute Gasteiger partial charge is 0.306 e. The van der Waals surface area contributed by atoms with Crippen molar-refractivity contribution in [2.24, 2.45) is 0 Å². The van der Waals surface area contributed by atoms with Crippen LogP contribution in [-0.2, 0) is 28.6 Å². The second-order valence-electron chi connectivity index (χ2n) is 17.1. The van der Waals surface area contributed by atoms with E-state index in [-0.39, 0.29) is 31.1 Å². The zero-order valence-corrected chi connectivity index (χ0v) is 38.4. The Morgan fingerprint density at radius 2 is 0.579 bits per heavy atom. The van der Waals surface area contributed by atoms with Crippen molar-refractivity contribution in [3.63, 3.8) is 0 Å². The molecule has 0 heterocycles. The number of unbranched alkanes of at least 4 members (excludes halogenated alkanes) is 33. The van der Waals surface area contributed by atoms with Crippen LogP contribution in [0.25, 0.3) is 0 Å². The predicted octanol–water partition coefficient (Wildman–Crippen LogP) is 16.2. The van der Waals surface area contributed by atoms with E-state index in [2.05, 4.69) is 32.9 Å². The number of rotatable bonds is 46. The molecule has 0 aromatic carbocycles. The van der Waals surface area contributed by atoms with Crippen LogP contribution in [0.5, 0.6) is 0 Å². The summed E-state index contributed by atoms with van der Waals surface area (Å²) in [5.74, 6) is -0.862. The van der Waals surface area contributed by atoms with E-state index in [0.29, 0.717) is 19.3 Å². The minimum atomic E-state index is -0.763. The molecule has 0 N–H and O–H groups in total.